The number of carbonyl (C=O) groups excluding carboxylic acids is 1. The fourth-order valence-corrected chi connectivity index (χ4v) is 5.56. The Morgan fingerprint density at radius 1 is 1.24 bits per heavy atom. The van der Waals surface area contributed by atoms with Gasteiger partial charge in [-0.05, 0) is 58.2 Å². The van der Waals surface area contributed by atoms with E-state index < -0.39 is 5.79 Å². The van der Waals surface area contributed by atoms with E-state index in [9.17, 15) is 4.79 Å². The molecular weight excluding hydrogens is 480 g/mol. The minimum atomic E-state index is -0.796. The summed E-state index contributed by atoms with van der Waals surface area (Å²) < 4.78 is 17.5. The predicted octanol–water partition coefficient (Wildman–Crippen LogP) is 4.80. The van der Waals surface area contributed by atoms with Crippen LogP contribution in [0.25, 0.3) is 0 Å². The second-order valence-electron chi connectivity index (χ2n) is 10.9. The van der Waals surface area contributed by atoms with Gasteiger partial charge in [0.05, 0.1) is 19.4 Å². The van der Waals surface area contributed by atoms with Crippen molar-refractivity contribution in [2.75, 3.05) is 39.8 Å². The highest BCUT2D eigenvalue weighted by Crippen LogP contribution is 2.47. The molecule has 0 bridgehead atoms. The van der Waals surface area contributed by atoms with Gasteiger partial charge in [-0.1, -0.05) is 18.6 Å². The normalized spacial score (nSPS) is 23.2. The lowest BCUT2D eigenvalue weighted by atomic mass is 9.91. The Hall–Kier alpha value is -2.84. The number of rotatable bonds is 7. The Labute approximate surface area is 227 Å². The third-order valence-corrected chi connectivity index (χ3v) is 7.52. The molecule has 0 spiro atoms. The van der Waals surface area contributed by atoms with Crippen molar-refractivity contribution in [2.45, 2.75) is 77.7 Å². The number of hydrogen-bond acceptors (Lipinski definition) is 7. The Bertz CT molecular complexity index is 1080. The molecule has 1 amide bonds. The summed E-state index contributed by atoms with van der Waals surface area (Å²) in [4.78, 5) is 23.5. The van der Waals surface area contributed by atoms with Crippen molar-refractivity contribution in [3.8, 4) is 17.2 Å². The van der Waals surface area contributed by atoms with Crippen LogP contribution in [0.1, 0.15) is 70.2 Å². The minimum Gasteiger partial charge on any atom is -0.493 e. The van der Waals surface area contributed by atoms with Crippen LogP contribution in [0.2, 0.25) is 0 Å². The van der Waals surface area contributed by atoms with Gasteiger partial charge in [-0.15, -0.1) is 6.58 Å². The first-order chi connectivity index (χ1) is 18.3. The molecule has 0 unspecified atom stereocenters. The highest BCUT2D eigenvalue weighted by Gasteiger charge is 2.38. The molecule has 0 aromatic heterocycles. The first-order valence-electron chi connectivity index (χ1n) is 13.9. The molecule has 5 rings (SSSR count). The largest absolute Gasteiger partial charge is 0.493 e. The minimum absolute atomic E-state index is 0.0323. The molecule has 0 radical (unpaired) electrons. The van der Waals surface area contributed by atoms with Crippen molar-refractivity contribution in [1.82, 2.24) is 15.1 Å². The highest BCUT2D eigenvalue weighted by atomic mass is 16.7. The van der Waals surface area contributed by atoms with Crippen LogP contribution < -0.4 is 19.5 Å². The quantitative estimate of drug-likeness (QED) is 0.517. The summed E-state index contributed by atoms with van der Waals surface area (Å²) in [5, 5.41) is 3.42. The van der Waals surface area contributed by atoms with Gasteiger partial charge in [-0.25, -0.2) is 0 Å². The summed E-state index contributed by atoms with van der Waals surface area (Å²) >= 11 is 0. The molecule has 38 heavy (non-hydrogen) atoms. The second-order valence-corrected chi connectivity index (χ2v) is 10.9. The molecule has 3 heterocycles. The summed E-state index contributed by atoms with van der Waals surface area (Å²) in [6.07, 6.45) is 9.98. The average molecular weight is 525 g/mol. The van der Waals surface area contributed by atoms with Gasteiger partial charge in [0.1, 0.15) is 0 Å². The molecule has 3 aliphatic heterocycles. The Morgan fingerprint density at radius 3 is 2.66 bits per heavy atom. The number of aliphatic imine (C=N–C) groups is 1. The summed E-state index contributed by atoms with van der Waals surface area (Å²) in [6, 6.07) is 4.63. The molecule has 208 valence electrons. The van der Waals surface area contributed by atoms with Gasteiger partial charge in [-0.2, -0.15) is 0 Å². The second kappa shape index (κ2) is 12.3. The molecule has 1 aromatic rings. The van der Waals surface area contributed by atoms with Crippen molar-refractivity contribution in [3.63, 3.8) is 0 Å². The molecule has 8 nitrogen and oxygen atoms in total. The van der Waals surface area contributed by atoms with Crippen LogP contribution in [0.15, 0.2) is 41.6 Å². The van der Waals surface area contributed by atoms with Gasteiger partial charge in [0, 0.05) is 56.8 Å². The van der Waals surface area contributed by atoms with Crippen LogP contribution in [0.5, 0.6) is 17.2 Å². The molecule has 8 heteroatoms. The lowest BCUT2D eigenvalue weighted by Crippen LogP contribution is -2.50. The van der Waals surface area contributed by atoms with E-state index in [0.717, 1.165) is 30.9 Å². The first-order valence-corrected chi connectivity index (χ1v) is 13.9. The smallest absolute Gasteiger partial charge is 0.254 e. The lowest BCUT2D eigenvalue weighted by molar-refractivity contribution is -0.0439. The fourth-order valence-electron chi connectivity index (χ4n) is 5.56. The van der Waals surface area contributed by atoms with E-state index in [1.807, 2.05) is 38.7 Å². The number of nitrogens with one attached hydrogen (secondary N) is 1. The van der Waals surface area contributed by atoms with Crippen molar-refractivity contribution in [2.24, 2.45) is 4.99 Å². The number of methoxy groups -OCH3 is 1. The van der Waals surface area contributed by atoms with E-state index >= 15 is 0 Å². The number of hydrogen-bond donors (Lipinski definition) is 1. The number of likely N-dealkylation sites (tertiary alicyclic amines) is 1. The Morgan fingerprint density at radius 2 is 2.00 bits per heavy atom. The lowest BCUT2D eigenvalue weighted by Gasteiger charge is -2.40. The van der Waals surface area contributed by atoms with Crippen LogP contribution in [0.4, 0.5) is 0 Å². The highest BCUT2D eigenvalue weighted by molar-refractivity contribution is 5.99. The van der Waals surface area contributed by atoms with E-state index in [1.54, 1.807) is 25.3 Å². The molecule has 4 aliphatic rings. The van der Waals surface area contributed by atoms with Gasteiger partial charge in [-0.3, -0.25) is 14.7 Å². The number of ether oxygens (including phenoxy) is 3. The van der Waals surface area contributed by atoms with Gasteiger partial charge in [0.25, 0.3) is 5.91 Å². The summed E-state index contributed by atoms with van der Waals surface area (Å²) in [5.41, 5.74) is 2.55. The number of benzene rings is 1. The van der Waals surface area contributed by atoms with Crippen LogP contribution in [-0.4, -0.2) is 79.1 Å². The van der Waals surface area contributed by atoms with E-state index in [0.29, 0.717) is 54.5 Å². The van der Waals surface area contributed by atoms with Crippen LogP contribution in [-0.2, 0) is 0 Å². The molecule has 1 N–H and O–H groups in total. The van der Waals surface area contributed by atoms with Crippen molar-refractivity contribution in [3.05, 3.63) is 42.1 Å². The monoisotopic (exact) mass is 524 g/mol. The molecule has 1 saturated carbocycles. The maximum absolute atomic E-state index is 14.0. The van der Waals surface area contributed by atoms with Gasteiger partial charge in [0.2, 0.25) is 11.5 Å². The van der Waals surface area contributed by atoms with Gasteiger partial charge >= 0.3 is 0 Å². The van der Waals surface area contributed by atoms with Crippen molar-refractivity contribution < 1.29 is 19.0 Å². The topological polar surface area (TPSA) is 75.6 Å². The van der Waals surface area contributed by atoms with E-state index in [1.165, 1.54) is 25.7 Å². The number of carbonyl (C=O) groups is 1. The van der Waals surface area contributed by atoms with E-state index in [2.05, 4.69) is 16.8 Å². The fraction of sp³-hybridized carbons (Fsp3) is 0.600. The molecule has 1 aromatic carbocycles. The zero-order valence-electron chi connectivity index (χ0n) is 23.7. The maximum atomic E-state index is 14.0. The molecular formula is C30H44N4O4. The standard InChI is InChI=1S/C27H38N4O4.C3H6/c1-5-19-14-28-15-20(29-19)16-30(17-22-10-7-11-31(22)21-8-6-9-21)26(32)18-12-23(33-4)25-24(13-18)34-27(2,3)35-25;1-3-2/h5,12-13,21-22,28H,6-11,14-17H2,1-4H3;3H,1H2,2H3/b19-5+;/t22-;/m0./s1. The van der Waals surface area contributed by atoms with Crippen LogP contribution in [0, 0.1) is 0 Å². The SMILES string of the molecule is C/C=C1\CNCC(CN(C[C@@H]2CCCN2C2CCC2)C(=O)c2cc(OC)c3c(c2)OC(C)(C)O3)=N1.C=CC. The van der Waals surface area contributed by atoms with Crippen LogP contribution in [0.3, 0.4) is 0 Å². The average Bonchev–Trinajstić information content (AvgIpc) is 3.44. The number of amides is 1. The number of allylic oxidation sites excluding steroid dienone is 2. The zero-order valence-corrected chi connectivity index (χ0v) is 23.7. The van der Waals surface area contributed by atoms with Crippen molar-refractivity contribution in [1.29, 1.82) is 0 Å². The third-order valence-electron chi connectivity index (χ3n) is 7.52. The summed E-state index contributed by atoms with van der Waals surface area (Å²) in [7, 11) is 1.59. The first kappa shape index (κ1) is 28.2. The Balaban J connectivity index is 0.00000107. The number of nitrogens with zero attached hydrogens (tertiary/aromatic N) is 3. The van der Waals surface area contributed by atoms with Gasteiger partial charge < -0.3 is 24.4 Å². The Kier molecular flexibility index (Phi) is 9.15. The predicted molar refractivity (Wildman–Crippen MR) is 152 cm³/mol. The molecule has 2 fully saturated rings. The summed E-state index contributed by atoms with van der Waals surface area (Å²) in [5.74, 6) is 0.778. The summed E-state index contributed by atoms with van der Waals surface area (Å²) in [6.45, 7) is 14.7. The molecule has 1 saturated heterocycles. The van der Waals surface area contributed by atoms with Crippen molar-refractivity contribution >= 4 is 11.6 Å². The van der Waals surface area contributed by atoms with E-state index in [-0.39, 0.29) is 5.91 Å². The molecule has 1 aliphatic carbocycles. The molecule has 1 atom stereocenters. The number of fused-ring (bicyclic) bond motifs is 1. The van der Waals surface area contributed by atoms with Crippen LogP contribution >= 0.6 is 0 Å². The third kappa shape index (κ3) is 6.41. The maximum Gasteiger partial charge on any atom is 0.254 e. The van der Waals surface area contributed by atoms with E-state index in [4.69, 9.17) is 19.2 Å². The van der Waals surface area contributed by atoms with Gasteiger partial charge in [0.15, 0.2) is 11.5 Å². The zero-order chi connectivity index (χ0) is 27.3.